The number of thiophene rings is 1. The molecule has 0 saturated carbocycles. The number of benzene rings is 1. The molecule has 2 rings (SSSR count). The lowest BCUT2D eigenvalue weighted by Gasteiger charge is -2.09. The highest BCUT2D eigenvalue weighted by molar-refractivity contribution is 7.89. The maximum atomic E-state index is 12.3. The van der Waals surface area contributed by atoms with Crippen molar-refractivity contribution in [3.63, 3.8) is 0 Å². The van der Waals surface area contributed by atoms with Crippen LogP contribution in [0.1, 0.15) is 20.1 Å². The molecule has 0 radical (unpaired) electrons. The van der Waals surface area contributed by atoms with Gasteiger partial charge in [0, 0.05) is 16.3 Å². The Kier molecular flexibility index (Phi) is 4.76. The summed E-state index contributed by atoms with van der Waals surface area (Å²) in [6, 6.07) is 9.76. The summed E-state index contributed by atoms with van der Waals surface area (Å²) in [5.74, 6) is -0.678. The van der Waals surface area contributed by atoms with Crippen LogP contribution in [0, 0.1) is 6.92 Å². The van der Waals surface area contributed by atoms with Crippen LogP contribution in [0.4, 0.5) is 0 Å². The number of nitrogens with one attached hydrogen (secondary N) is 1. The maximum absolute atomic E-state index is 12.3. The molecular weight excluding hydrogens is 310 g/mol. The number of sulfonamides is 1. The van der Waals surface area contributed by atoms with E-state index in [1.54, 1.807) is 12.1 Å². The van der Waals surface area contributed by atoms with Crippen molar-refractivity contribution in [2.75, 3.05) is 7.11 Å². The van der Waals surface area contributed by atoms with Gasteiger partial charge in [-0.1, -0.05) is 12.1 Å². The van der Waals surface area contributed by atoms with Crippen LogP contribution < -0.4 is 4.72 Å². The fraction of sp³-hybridized carbons (Fsp3) is 0.214. The predicted octanol–water partition coefficient (Wildman–Crippen LogP) is 2.32. The van der Waals surface area contributed by atoms with Crippen LogP contribution in [-0.4, -0.2) is 21.5 Å². The van der Waals surface area contributed by atoms with Gasteiger partial charge in [0.2, 0.25) is 10.0 Å². The molecule has 0 aliphatic rings. The van der Waals surface area contributed by atoms with Crippen molar-refractivity contribution in [2.24, 2.45) is 0 Å². The average Bonchev–Trinajstić information content (AvgIpc) is 2.90. The molecule has 1 aromatic carbocycles. The SMILES string of the molecule is COC(=O)c1ccccc1S(=O)(=O)NCc1ccc(C)s1. The summed E-state index contributed by atoms with van der Waals surface area (Å²) in [5.41, 5.74) is 0.0230. The van der Waals surface area contributed by atoms with E-state index in [1.807, 2.05) is 19.1 Å². The van der Waals surface area contributed by atoms with Crippen LogP contribution in [0.3, 0.4) is 0 Å². The van der Waals surface area contributed by atoms with E-state index in [0.717, 1.165) is 9.75 Å². The van der Waals surface area contributed by atoms with E-state index in [1.165, 1.54) is 30.6 Å². The Labute approximate surface area is 127 Å². The first-order valence-corrected chi connectivity index (χ1v) is 8.46. The zero-order valence-corrected chi connectivity index (χ0v) is 13.3. The maximum Gasteiger partial charge on any atom is 0.339 e. The van der Waals surface area contributed by atoms with Gasteiger partial charge in [0.15, 0.2) is 0 Å². The Morgan fingerprint density at radius 2 is 1.95 bits per heavy atom. The normalized spacial score (nSPS) is 11.3. The van der Waals surface area contributed by atoms with Gasteiger partial charge < -0.3 is 4.74 Å². The Hall–Kier alpha value is -1.70. The van der Waals surface area contributed by atoms with Crippen LogP contribution in [0.2, 0.25) is 0 Å². The minimum absolute atomic E-state index is 0.0230. The summed E-state index contributed by atoms with van der Waals surface area (Å²) < 4.78 is 31.8. The molecule has 0 atom stereocenters. The van der Waals surface area contributed by atoms with E-state index in [-0.39, 0.29) is 17.0 Å². The Morgan fingerprint density at radius 3 is 2.57 bits per heavy atom. The molecule has 0 unspecified atom stereocenters. The van der Waals surface area contributed by atoms with Gasteiger partial charge in [0.05, 0.1) is 17.6 Å². The minimum Gasteiger partial charge on any atom is -0.465 e. The number of ether oxygens (including phenoxy) is 1. The van der Waals surface area contributed by atoms with E-state index in [2.05, 4.69) is 9.46 Å². The number of esters is 1. The third-order valence-electron chi connectivity index (χ3n) is 2.81. The molecule has 0 fully saturated rings. The van der Waals surface area contributed by atoms with Crippen molar-refractivity contribution in [1.29, 1.82) is 0 Å². The first-order chi connectivity index (χ1) is 9.94. The topological polar surface area (TPSA) is 72.5 Å². The van der Waals surface area contributed by atoms with Gasteiger partial charge in [-0.05, 0) is 31.2 Å². The van der Waals surface area contributed by atoms with Crippen molar-refractivity contribution in [2.45, 2.75) is 18.4 Å². The van der Waals surface area contributed by atoms with Crippen molar-refractivity contribution < 1.29 is 17.9 Å². The van der Waals surface area contributed by atoms with Crippen LogP contribution >= 0.6 is 11.3 Å². The molecule has 1 aromatic heterocycles. The number of hydrogen-bond acceptors (Lipinski definition) is 5. The fourth-order valence-electron chi connectivity index (χ4n) is 1.80. The Bertz CT molecular complexity index is 750. The molecule has 0 aliphatic carbocycles. The van der Waals surface area contributed by atoms with Gasteiger partial charge in [0.1, 0.15) is 0 Å². The second kappa shape index (κ2) is 6.38. The first kappa shape index (κ1) is 15.7. The second-order valence-electron chi connectivity index (χ2n) is 4.32. The van der Waals surface area contributed by atoms with Crippen LogP contribution in [-0.2, 0) is 21.3 Å². The molecule has 1 N–H and O–H groups in total. The smallest absolute Gasteiger partial charge is 0.339 e. The molecule has 1 heterocycles. The predicted molar refractivity (Wildman–Crippen MR) is 80.9 cm³/mol. The molecule has 7 heteroatoms. The van der Waals surface area contributed by atoms with Gasteiger partial charge in [0.25, 0.3) is 0 Å². The number of methoxy groups -OCH3 is 1. The molecule has 0 bridgehead atoms. The quantitative estimate of drug-likeness (QED) is 0.856. The highest BCUT2D eigenvalue weighted by atomic mass is 32.2. The van der Waals surface area contributed by atoms with Crippen molar-refractivity contribution in [1.82, 2.24) is 4.72 Å². The molecule has 21 heavy (non-hydrogen) atoms. The molecule has 0 spiro atoms. The van der Waals surface area contributed by atoms with Gasteiger partial charge in [-0.3, -0.25) is 0 Å². The van der Waals surface area contributed by atoms with Gasteiger partial charge >= 0.3 is 5.97 Å². The highest BCUT2D eigenvalue weighted by Crippen LogP contribution is 2.19. The van der Waals surface area contributed by atoms with Gasteiger partial charge in [-0.15, -0.1) is 11.3 Å². The highest BCUT2D eigenvalue weighted by Gasteiger charge is 2.22. The number of carbonyl (C=O) groups is 1. The molecule has 112 valence electrons. The lowest BCUT2D eigenvalue weighted by molar-refractivity contribution is 0.0596. The van der Waals surface area contributed by atoms with Crippen LogP contribution in [0.15, 0.2) is 41.3 Å². The summed E-state index contributed by atoms with van der Waals surface area (Å²) in [5, 5.41) is 0. The van der Waals surface area contributed by atoms with Crippen molar-refractivity contribution in [3.8, 4) is 0 Å². The van der Waals surface area contributed by atoms with Crippen LogP contribution in [0.25, 0.3) is 0 Å². The largest absolute Gasteiger partial charge is 0.465 e. The molecule has 5 nitrogen and oxygen atoms in total. The third kappa shape index (κ3) is 3.69. The zero-order valence-electron chi connectivity index (χ0n) is 11.6. The van der Waals surface area contributed by atoms with Gasteiger partial charge in [-0.2, -0.15) is 0 Å². The monoisotopic (exact) mass is 325 g/mol. The molecular formula is C14H15NO4S2. The summed E-state index contributed by atoms with van der Waals surface area (Å²) in [6.07, 6.45) is 0. The second-order valence-corrected chi connectivity index (χ2v) is 7.43. The van der Waals surface area contributed by atoms with E-state index in [4.69, 9.17) is 0 Å². The third-order valence-corrected chi connectivity index (χ3v) is 5.27. The first-order valence-electron chi connectivity index (χ1n) is 6.16. The molecule has 2 aromatic rings. The summed E-state index contributed by atoms with van der Waals surface area (Å²) >= 11 is 1.52. The summed E-state index contributed by atoms with van der Waals surface area (Å²) in [7, 11) is -2.56. The van der Waals surface area contributed by atoms with Crippen LogP contribution in [0.5, 0.6) is 0 Å². The number of carbonyl (C=O) groups excluding carboxylic acids is 1. The average molecular weight is 325 g/mol. The Morgan fingerprint density at radius 1 is 1.24 bits per heavy atom. The number of hydrogen-bond donors (Lipinski definition) is 1. The van der Waals surface area contributed by atoms with E-state index in [9.17, 15) is 13.2 Å². The molecule has 0 amide bonds. The number of aryl methyl sites for hydroxylation is 1. The van der Waals surface area contributed by atoms with Crippen molar-refractivity contribution >= 4 is 27.3 Å². The lowest BCUT2D eigenvalue weighted by atomic mass is 10.2. The number of rotatable bonds is 5. The Balaban J connectivity index is 2.25. The zero-order chi connectivity index (χ0) is 15.5. The van der Waals surface area contributed by atoms with Gasteiger partial charge in [-0.25, -0.2) is 17.9 Å². The lowest BCUT2D eigenvalue weighted by Crippen LogP contribution is -2.25. The van der Waals surface area contributed by atoms with Crippen molar-refractivity contribution in [3.05, 3.63) is 51.7 Å². The van der Waals surface area contributed by atoms with E-state index >= 15 is 0 Å². The van der Waals surface area contributed by atoms with E-state index in [0.29, 0.717) is 0 Å². The fourth-order valence-corrected chi connectivity index (χ4v) is 3.92. The molecule has 0 saturated heterocycles. The summed E-state index contributed by atoms with van der Waals surface area (Å²) in [6.45, 7) is 2.14. The minimum atomic E-state index is -3.78. The standard InChI is InChI=1S/C14H15NO4S2/c1-10-7-8-11(20-10)9-15-21(17,18)13-6-4-3-5-12(13)14(16)19-2/h3-8,15H,9H2,1-2H3. The summed E-state index contributed by atoms with van der Waals surface area (Å²) in [4.78, 5) is 13.6. The molecule has 0 aliphatic heterocycles. The van der Waals surface area contributed by atoms with E-state index < -0.39 is 16.0 Å².